The van der Waals surface area contributed by atoms with Crippen molar-refractivity contribution in [3.63, 3.8) is 0 Å². The van der Waals surface area contributed by atoms with Gasteiger partial charge in [0.1, 0.15) is 5.52 Å². The Morgan fingerprint density at radius 2 is 1.95 bits per heavy atom. The third kappa shape index (κ3) is 2.71. The number of benzene rings is 2. The van der Waals surface area contributed by atoms with Gasteiger partial charge in [0.25, 0.3) is 0 Å². The Kier molecular flexibility index (Phi) is 4.01. The first-order chi connectivity index (χ1) is 9.65. The number of rotatable bonds is 3. The van der Waals surface area contributed by atoms with Crippen LogP contribution in [-0.2, 0) is 6.42 Å². The summed E-state index contributed by atoms with van der Waals surface area (Å²) in [6.07, 6.45) is 0.492. The average molecular weight is 371 g/mol. The summed E-state index contributed by atoms with van der Waals surface area (Å²) in [5, 5.41) is 0.344. The van der Waals surface area contributed by atoms with Gasteiger partial charge in [0.15, 0.2) is 11.5 Å². The van der Waals surface area contributed by atoms with Crippen molar-refractivity contribution in [2.75, 3.05) is 0 Å². The second-order valence-electron chi connectivity index (χ2n) is 4.39. The number of halogens is 3. The van der Waals surface area contributed by atoms with Crippen LogP contribution in [0, 0.1) is 0 Å². The van der Waals surface area contributed by atoms with E-state index >= 15 is 0 Å². The Balaban J connectivity index is 1.88. The van der Waals surface area contributed by atoms with Gasteiger partial charge in [-0.25, -0.2) is 4.98 Å². The highest BCUT2D eigenvalue weighted by Crippen LogP contribution is 2.35. The first-order valence-corrected chi connectivity index (χ1v) is 7.68. The summed E-state index contributed by atoms with van der Waals surface area (Å²) in [4.78, 5) is 4.42. The molecule has 5 heteroatoms. The van der Waals surface area contributed by atoms with Crippen LogP contribution in [0.3, 0.4) is 0 Å². The number of aromatic nitrogens is 1. The highest BCUT2D eigenvalue weighted by atomic mass is 79.9. The molecule has 0 aliphatic carbocycles. The van der Waals surface area contributed by atoms with Gasteiger partial charge < -0.3 is 4.42 Å². The molecule has 0 saturated carbocycles. The topological polar surface area (TPSA) is 26.0 Å². The second kappa shape index (κ2) is 5.76. The van der Waals surface area contributed by atoms with E-state index < -0.39 is 0 Å². The summed E-state index contributed by atoms with van der Waals surface area (Å²) < 4.78 is 6.51. The van der Waals surface area contributed by atoms with Crippen LogP contribution in [0.2, 0.25) is 5.02 Å². The van der Waals surface area contributed by atoms with Crippen LogP contribution in [0.15, 0.2) is 51.4 Å². The normalized spacial score (nSPS) is 12.8. The van der Waals surface area contributed by atoms with Gasteiger partial charge in [-0.3, -0.25) is 0 Å². The standard InChI is InChI=1S/C15H10BrCl2NO/c16-10-5-3-4-9(15(10)18)11(17)8-14-19-12-6-1-2-7-13(12)20-14/h1-7,11H,8H2. The van der Waals surface area contributed by atoms with Gasteiger partial charge in [-0.05, 0) is 39.7 Å². The molecule has 2 nitrogen and oxygen atoms in total. The maximum Gasteiger partial charge on any atom is 0.197 e. The van der Waals surface area contributed by atoms with Crippen molar-refractivity contribution >= 4 is 50.2 Å². The van der Waals surface area contributed by atoms with Crippen LogP contribution >= 0.6 is 39.1 Å². The van der Waals surface area contributed by atoms with Crippen LogP contribution < -0.4 is 0 Å². The molecule has 0 spiro atoms. The zero-order chi connectivity index (χ0) is 14.1. The van der Waals surface area contributed by atoms with Crippen molar-refractivity contribution in [3.8, 4) is 0 Å². The first kappa shape index (κ1) is 13.9. The van der Waals surface area contributed by atoms with E-state index in [0.29, 0.717) is 17.3 Å². The van der Waals surface area contributed by atoms with E-state index in [1.165, 1.54) is 0 Å². The van der Waals surface area contributed by atoms with Crippen LogP contribution in [0.4, 0.5) is 0 Å². The largest absolute Gasteiger partial charge is 0.441 e. The fourth-order valence-electron chi connectivity index (χ4n) is 2.03. The molecule has 0 aliphatic heterocycles. The van der Waals surface area contributed by atoms with Crippen LogP contribution in [-0.4, -0.2) is 4.98 Å². The Morgan fingerprint density at radius 3 is 2.75 bits per heavy atom. The minimum atomic E-state index is -0.284. The predicted octanol–water partition coefficient (Wildman–Crippen LogP) is 5.77. The average Bonchev–Trinajstić information content (AvgIpc) is 2.83. The minimum Gasteiger partial charge on any atom is -0.441 e. The second-order valence-corrected chi connectivity index (χ2v) is 6.15. The minimum absolute atomic E-state index is 0.284. The molecule has 1 unspecified atom stereocenters. The third-order valence-corrected chi connectivity index (χ3v) is 4.71. The summed E-state index contributed by atoms with van der Waals surface area (Å²) in [6, 6.07) is 13.4. The van der Waals surface area contributed by atoms with Gasteiger partial charge in [-0.15, -0.1) is 11.6 Å². The van der Waals surface area contributed by atoms with Gasteiger partial charge in [0.05, 0.1) is 10.4 Å². The molecule has 3 aromatic rings. The number of para-hydroxylation sites is 2. The SMILES string of the molecule is Clc1c(Br)cccc1C(Cl)Cc1nc2ccccc2o1. The number of fused-ring (bicyclic) bond motifs is 1. The van der Waals surface area contributed by atoms with Gasteiger partial charge in [0.2, 0.25) is 0 Å². The molecule has 0 radical (unpaired) electrons. The van der Waals surface area contributed by atoms with Crippen molar-refractivity contribution < 1.29 is 4.42 Å². The quantitative estimate of drug-likeness (QED) is 0.547. The number of alkyl halides is 1. The van der Waals surface area contributed by atoms with Crippen LogP contribution in [0.5, 0.6) is 0 Å². The number of hydrogen-bond acceptors (Lipinski definition) is 2. The number of nitrogens with zero attached hydrogens (tertiary/aromatic N) is 1. The van der Waals surface area contributed by atoms with Crippen molar-refractivity contribution in [3.05, 3.63) is 63.4 Å². The number of hydrogen-bond donors (Lipinski definition) is 0. The summed E-state index contributed by atoms with van der Waals surface area (Å²) in [6.45, 7) is 0. The molecule has 0 bridgehead atoms. The molecule has 0 amide bonds. The lowest BCUT2D eigenvalue weighted by atomic mass is 10.1. The van der Waals surface area contributed by atoms with Gasteiger partial charge >= 0.3 is 0 Å². The monoisotopic (exact) mass is 369 g/mol. The van der Waals surface area contributed by atoms with Crippen molar-refractivity contribution in [2.45, 2.75) is 11.8 Å². The summed E-state index contributed by atoms with van der Waals surface area (Å²) >= 11 is 16.1. The number of oxazole rings is 1. The smallest absolute Gasteiger partial charge is 0.197 e. The lowest BCUT2D eigenvalue weighted by molar-refractivity contribution is 0.525. The van der Waals surface area contributed by atoms with E-state index in [1.54, 1.807) is 0 Å². The van der Waals surface area contributed by atoms with E-state index in [2.05, 4.69) is 20.9 Å². The molecule has 1 heterocycles. The molecule has 3 rings (SSSR count). The molecule has 0 fully saturated rings. The van der Waals surface area contributed by atoms with E-state index in [0.717, 1.165) is 21.1 Å². The van der Waals surface area contributed by atoms with Crippen molar-refractivity contribution in [1.29, 1.82) is 0 Å². The van der Waals surface area contributed by atoms with Crippen LogP contribution in [0.25, 0.3) is 11.1 Å². The molecule has 20 heavy (non-hydrogen) atoms. The van der Waals surface area contributed by atoms with Gasteiger partial charge in [-0.2, -0.15) is 0 Å². The van der Waals surface area contributed by atoms with Crippen molar-refractivity contribution in [2.24, 2.45) is 0 Å². The Morgan fingerprint density at radius 1 is 1.15 bits per heavy atom. The van der Waals surface area contributed by atoms with E-state index in [4.69, 9.17) is 27.6 Å². The summed E-state index contributed by atoms with van der Waals surface area (Å²) in [5.74, 6) is 0.613. The Labute approximate surface area is 134 Å². The molecule has 0 saturated heterocycles. The van der Waals surface area contributed by atoms with E-state index in [1.807, 2.05) is 42.5 Å². The molecule has 0 aliphatic rings. The Hall–Kier alpha value is -1.03. The molecular formula is C15H10BrCl2NO. The molecule has 102 valence electrons. The zero-order valence-corrected chi connectivity index (χ0v) is 13.4. The maximum atomic E-state index is 6.44. The van der Waals surface area contributed by atoms with E-state index in [9.17, 15) is 0 Å². The first-order valence-electron chi connectivity index (χ1n) is 6.07. The molecular weight excluding hydrogens is 361 g/mol. The molecule has 0 N–H and O–H groups in total. The van der Waals surface area contributed by atoms with Crippen molar-refractivity contribution in [1.82, 2.24) is 4.98 Å². The fraction of sp³-hybridized carbons (Fsp3) is 0.133. The lowest BCUT2D eigenvalue weighted by Gasteiger charge is -2.10. The highest BCUT2D eigenvalue weighted by Gasteiger charge is 2.17. The van der Waals surface area contributed by atoms with Gasteiger partial charge in [-0.1, -0.05) is 35.9 Å². The molecule has 2 aromatic carbocycles. The Bertz CT molecular complexity index is 723. The third-order valence-electron chi connectivity index (χ3n) is 3.01. The zero-order valence-electron chi connectivity index (χ0n) is 10.3. The highest BCUT2D eigenvalue weighted by molar-refractivity contribution is 9.10. The lowest BCUT2D eigenvalue weighted by Crippen LogP contribution is -1.97. The fourth-order valence-corrected chi connectivity index (χ4v) is 3.04. The molecule has 1 aromatic heterocycles. The van der Waals surface area contributed by atoms with E-state index in [-0.39, 0.29) is 5.38 Å². The summed E-state index contributed by atoms with van der Waals surface area (Å²) in [5.41, 5.74) is 2.48. The maximum absolute atomic E-state index is 6.44. The summed E-state index contributed by atoms with van der Waals surface area (Å²) in [7, 11) is 0. The van der Waals surface area contributed by atoms with Crippen LogP contribution in [0.1, 0.15) is 16.8 Å². The van der Waals surface area contributed by atoms with Gasteiger partial charge in [0, 0.05) is 10.9 Å². The predicted molar refractivity (Wildman–Crippen MR) is 85.5 cm³/mol. The molecule has 1 atom stereocenters.